The number of hydrogen-bond acceptors (Lipinski definition) is 5. The lowest BCUT2D eigenvalue weighted by Crippen LogP contribution is -2.27. The Balaban J connectivity index is 1.60. The molecular formula is C15H15ClN4OS2. The highest BCUT2D eigenvalue weighted by Gasteiger charge is 2.13. The largest absolute Gasteiger partial charge is 0.340 e. The van der Waals surface area contributed by atoms with E-state index in [4.69, 9.17) is 11.6 Å². The number of nitrogens with zero attached hydrogens (tertiary/aromatic N) is 3. The monoisotopic (exact) mass is 366 g/mol. The second-order valence-electron chi connectivity index (χ2n) is 5.13. The van der Waals surface area contributed by atoms with Gasteiger partial charge >= 0.3 is 0 Å². The van der Waals surface area contributed by atoms with Crippen molar-refractivity contribution in [3.8, 4) is 0 Å². The summed E-state index contributed by atoms with van der Waals surface area (Å²) in [4.78, 5) is 26.8. The van der Waals surface area contributed by atoms with Gasteiger partial charge in [0.1, 0.15) is 0 Å². The number of rotatable bonds is 5. The predicted octanol–water partition coefficient (Wildman–Crippen LogP) is 3.73. The van der Waals surface area contributed by atoms with Gasteiger partial charge in [-0.05, 0) is 30.0 Å². The maximum Gasteiger partial charge on any atom is 0.233 e. The van der Waals surface area contributed by atoms with Crippen LogP contribution in [0.4, 0.5) is 0 Å². The smallest absolute Gasteiger partial charge is 0.233 e. The van der Waals surface area contributed by atoms with Crippen LogP contribution in [0.15, 0.2) is 28.9 Å². The number of aromatic amines is 1. The van der Waals surface area contributed by atoms with E-state index in [9.17, 15) is 4.79 Å². The first-order valence-corrected chi connectivity index (χ1v) is 9.18. The fourth-order valence-electron chi connectivity index (χ4n) is 2.03. The molecule has 0 saturated carbocycles. The number of hydrogen-bond donors (Lipinski definition) is 1. The second kappa shape index (κ2) is 6.90. The Labute approximate surface area is 147 Å². The minimum Gasteiger partial charge on any atom is -0.340 e. The van der Waals surface area contributed by atoms with Crippen LogP contribution in [0, 0.1) is 6.92 Å². The van der Waals surface area contributed by atoms with Crippen molar-refractivity contribution >= 4 is 51.8 Å². The van der Waals surface area contributed by atoms with Gasteiger partial charge in [-0.25, -0.2) is 9.97 Å². The van der Waals surface area contributed by atoms with Crippen LogP contribution in [0.3, 0.4) is 0 Å². The van der Waals surface area contributed by atoms with Crippen molar-refractivity contribution in [3.63, 3.8) is 0 Å². The van der Waals surface area contributed by atoms with E-state index in [0.29, 0.717) is 28.1 Å². The summed E-state index contributed by atoms with van der Waals surface area (Å²) in [6, 6.07) is 3.84. The summed E-state index contributed by atoms with van der Waals surface area (Å²) in [6.07, 6.45) is 1.56. The van der Waals surface area contributed by atoms with E-state index in [1.807, 2.05) is 12.4 Å². The highest BCUT2D eigenvalue weighted by Crippen LogP contribution is 2.21. The molecule has 0 aliphatic heterocycles. The highest BCUT2D eigenvalue weighted by atomic mass is 35.5. The van der Waals surface area contributed by atoms with Crippen molar-refractivity contribution in [2.24, 2.45) is 0 Å². The molecule has 3 heterocycles. The predicted molar refractivity (Wildman–Crippen MR) is 95.2 cm³/mol. The number of carbonyl (C=O) groups is 1. The zero-order valence-corrected chi connectivity index (χ0v) is 15.1. The molecule has 23 heavy (non-hydrogen) atoms. The normalized spacial score (nSPS) is 11.1. The molecule has 0 aromatic carbocycles. The number of thioether (sulfide) groups is 1. The zero-order chi connectivity index (χ0) is 16.4. The molecule has 0 bridgehead atoms. The van der Waals surface area contributed by atoms with Crippen LogP contribution in [-0.4, -0.2) is 38.6 Å². The first-order valence-electron chi connectivity index (χ1n) is 6.94. The molecule has 0 fully saturated rings. The topological polar surface area (TPSA) is 61.9 Å². The molecule has 8 heteroatoms. The molecule has 120 valence electrons. The van der Waals surface area contributed by atoms with E-state index in [1.54, 1.807) is 28.5 Å². The van der Waals surface area contributed by atoms with Crippen LogP contribution in [0.25, 0.3) is 11.2 Å². The van der Waals surface area contributed by atoms with Crippen LogP contribution in [0.1, 0.15) is 10.4 Å². The third-order valence-electron chi connectivity index (χ3n) is 3.39. The number of aryl methyl sites for hydroxylation is 1. The van der Waals surface area contributed by atoms with Crippen molar-refractivity contribution in [3.05, 3.63) is 39.2 Å². The van der Waals surface area contributed by atoms with Crippen molar-refractivity contribution in [1.82, 2.24) is 19.9 Å². The van der Waals surface area contributed by atoms with Crippen molar-refractivity contribution in [2.75, 3.05) is 12.8 Å². The fraction of sp³-hybridized carbons (Fsp3) is 0.267. The van der Waals surface area contributed by atoms with E-state index in [-0.39, 0.29) is 5.91 Å². The number of carbonyl (C=O) groups excluding carboxylic acids is 1. The number of fused-ring (bicyclic) bond motifs is 1. The molecule has 5 nitrogen and oxygen atoms in total. The van der Waals surface area contributed by atoms with Crippen LogP contribution >= 0.6 is 34.7 Å². The number of nitrogens with one attached hydrogen (secondary N) is 1. The molecule has 0 unspecified atom stereocenters. The number of H-pyrrole nitrogens is 1. The van der Waals surface area contributed by atoms with Gasteiger partial charge in [0.2, 0.25) is 5.91 Å². The van der Waals surface area contributed by atoms with E-state index in [0.717, 1.165) is 5.52 Å². The minimum absolute atomic E-state index is 0.0641. The number of thiophene rings is 1. The Morgan fingerprint density at radius 2 is 2.35 bits per heavy atom. The summed E-state index contributed by atoms with van der Waals surface area (Å²) < 4.78 is 0. The van der Waals surface area contributed by atoms with E-state index in [1.165, 1.54) is 22.2 Å². The van der Waals surface area contributed by atoms with Crippen LogP contribution in [0.5, 0.6) is 0 Å². The lowest BCUT2D eigenvalue weighted by molar-refractivity contribution is -0.127. The van der Waals surface area contributed by atoms with Gasteiger partial charge in [-0.3, -0.25) is 4.79 Å². The van der Waals surface area contributed by atoms with Gasteiger partial charge in [-0.1, -0.05) is 23.4 Å². The molecule has 3 aromatic rings. The first-order chi connectivity index (χ1) is 11.0. The molecular weight excluding hydrogens is 352 g/mol. The number of amides is 1. The van der Waals surface area contributed by atoms with Gasteiger partial charge in [0.25, 0.3) is 0 Å². The first kappa shape index (κ1) is 16.3. The Bertz CT molecular complexity index is 845. The highest BCUT2D eigenvalue weighted by molar-refractivity contribution is 7.99. The van der Waals surface area contributed by atoms with Crippen LogP contribution < -0.4 is 0 Å². The molecule has 0 atom stereocenters. The molecule has 1 N–H and O–H groups in total. The van der Waals surface area contributed by atoms with Crippen LogP contribution in [-0.2, 0) is 11.3 Å². The van der Waals surface area contributed by atoms with Gasteiger partial charge in [-0.2, -0.15) is 0 Å². The Hall–Kier alpha value is -1.57. The summed E-state index contributed by atoms with van der Waals surface area (Å²) >= 11 is 8.94. The molecule has 0 aliphatic carbocycles. The number of halogens is 1. The van der Waals surface area contributed by atoms with E-state index >= 15 is 0 Å². The molecule has 0 spiro atoms. The fourth-order valence-corrected chi connectivity index (χ4v) is 3.96. The van der Waals surface area contributed by atoms with Gasteiger partial charge in [0, 0.05) is 18.1 Å². The van der Waals surface area contributed by atoms with Crippen molar-refractivity contribution in [2.45, 2.75) is 18.6 Å². The number of aromatic nitrogens is 3. The minimum atomic E-state index is 0.0641. The third kappa shape index (κ3) is 3.85. The Kier molecular flexibility index (Phi) is 4.89. The molecule has 3 aromatic heterocycles. The maximum atomic E-state index is 12.3. The third-order valence-corrected chi connectivity index (χ3v) is 5.46. The van der Waals surface area contributed by atoms with Gasteiger partial charge in [0.05, 0.1) is 22.8 Å². The van der Waals surface area contributed by atoms with Gasteiger partial charge < -0.3 is 9.88 Å². The summed E-state index contributed by atoms with van der Waals surface area (Å²) in [6.45, 7) is 2.70. The average Bonchev–Trinajstić information content (AvgIpc) is 3.10. The zero-order valence-electron chi connectivity index (χ0n) is 12.7. The SMILES string of the molecule is Cc1ccsc1CN(C)C(=O)CSc1nc2ncc(Cl)cc2[nH]1. The Morgan fingerprint density at radius 1 is 1.52 bits per heavy atom. The molecule has 0 aliphatic rings. The Morgan fingerprint density at radius 3 is 3.09 bits per heavy atom. The summed E-state index contributed by atoms with van der Waals surface area (Å²) in [7, 11) is 1.82. The molecule has 1 amide bonds. The standard InChI is InChI=1S/C15H15ClN4OS2/c1-9-3-4-22-12(9)7-20(2)13(21)8-23-15-18-11-5-10(16)6-17-14(11)19-15/h3-6H,7-8H2,1-2H3,(H,17,18,19). The van der Waals surface area contributed by atoms with Gasteiger partial charge in [0.15, 0.2) is 10.8 Å². The maximum absolute atomic E-state index is 12.3. The second-order valence-corrected chi connectivity index (χ2v) is 7.53. The lowest BCUT2D eigenvalue weighted by Gasteiger charge is -2.16. The summed E-state index contributed by atoms with van der Waals surface area (Å²) in [5.41, 5.74) is 2.60. The number of pyridine rings is 1. The number of imidazole rings is 1. The van der Waals surface area contributed by atoms with E-state index < -0.39 is 0 Å². The van der Waals surface area contributed by atoms with Gasteiger partial charge in [-0.15, -0.1) is 11.3 Å². The van der Waals surface area contributed by atoms with Crippen LogP contribution in [0.2, 0.25) is 5.02 Å². The summed E-state index contributed by atoms with van der Waals surface area (Å²) in [5.74, 6) is 0.392. The lowest BCUT2D eigenvalue weighted by atomic mass is 10.3. The van der Waals surface area contributed by atoms with Crippen molar-refractivity contribution < 1.29 is 4.79 Å². The summed E-state index contributed by atoms with van der Waals surface area (Å²) in [5, 5.41) is 3.27. The van der Waals surface area contributed by atoms with Crippen molar-refractivity contribution in [1.29, 1.82) is 0 Å². The molecule has 3 rings (SSSR count). The van der Waals surface area contributed by atoms with E-state index in [2.05, 4.69) is 27.9 Å². The molecule has 0 radical (unpaired) electrons. The molecule has 0 saturated heterocycles. The quantitative estimate of drug-likeness (QED) is 0.699. The average molecular weight is 367 g/mol.